The van der Waals surface area contributed by atoms with Crippen molar-refractivity contribution >= 4 is 7.82 Å². The van der Waals surface area contributed by atoms with Crippen LogP contribution < -0.4 is 0 Å². The van der Waals surface area contributed by atoms with E-state index in [9.17, 15) is 4.57 Å². The fourth-order valence-electron chi connectivity index (χ4n) is 2.14. The van der Waals surface area contributed by atoms with Crippen LogP contribution >= 0.6 is 7.82 Å². The van der Waals surface area contributed by atoms with Crippen LogP contribution in [0.3, 0.4) is 0 Å². The van der Waals surface area contributed by atoms with E-state index in [2.05, 4.69) is 18.4 Å². The summed E-state index contributed by atoms with van der Waals surface area (Å²) >= 11 is 0. The molecule has 0 bridgehead atoms. The zero-order valence-electron chi connectivity index (χ0n) is 11.8. The molecule has 0 aromatic rings. The average molecular weight is 280 g/mol. The van der Waals surface area contributed by atoms with E-state index < -0.39 is 7.82 Å². The molecule has 0 aromatic carbocycles. The van der Waals surface area contributed by atoms with Crippen molar-refractivity contribution in [2.24, 2.45) is 5.92 Å². The first kappa shape index (κ1) is 18.1. The molecular weight excluding hydrogens is 251 g/mol. The van der Waals surface area contributed by atoms with Crippen molar-refractivity contribution in [3.63, 3.8) is 0 Å². The molecular formula is C13H29O4P. The molecule has 0 aromatic heterocycles. The van der Waals surface area contributed by atoms with Crippen molar-refractivity contribution < 1.29 is 18.9 Å². The minimum atomic E-state index is -4.29. The van der Waals surface area contributed by atoms with E-state index in [4.69, 9.17) is 9.79 Å². The Labute approximate surface area is 111 Å². The number of rotatable bonds is 12. The number of phosphoric ester groups is 1. The number of hydrogen-bond acceptors (Lipinski definition) is 2. The van der Waals surface area contributed by atoms with E-state index in [1.54, 1.807) is 0 Å². The molecule has 2 N–H and O–H groups in total. The van der Waals surface area contributed by atoms with Crippen molar-refractivity contribution in [2.75, 3.05) is 6.61 Å². The molecule has 0 spiro atoms. The Kier molecular flexibility index (Phi) is 11.0. The van der Waals surface area contributed by atoms with Gasteiger partial charge in [-0.25, -0.2) is 4.57 Å². The summed E-state index contributed by atoms with van der Waals surface area (Å²) in [6, 6.07) is 0. The fraction of sp³-hybridized carbons (Fsp3) is 1.00. The summed E-state index contributed by atoms with van der Waals surface area (Å²) in [6.45, 7) is 4.54. The Morgan fingerprint density at radius 2 is 1.44 bits per heavy atom. The van der Waals surface area contributed by atoms with E-state index in [1.165, 1.54) is 38.5 Å². The maximum absolute atomic E-state index is 10.6. The Hall–Kier alpha value is 0.110. The van der Waals surface area contributed by atoms with Gasteiger partial charge < -0.3 is 9.79 Å². The Balaban J connectivity index is 3.84. The third kappa shape index (κ3) is 12.6. The minimum Gasteiger partial charge on any atom is -0.303 e. The monoisotopic (exact) mass is 280 g/mol. The highest BCUT2D eigenvalue weighted by Gasteiger charge is 2.15. The van der Waals surface area contributed by atoms with Gasteiger partial charge in [0.1, 0.15) is 0 Å². The Bertz CT molecular complexity index is 217. The predicted molar refractivity (Wildman–Crippen MR) is 74.4 cm³/mol. The summed E-state index contributed by atoms with van der Waals surface area (Å²) in [5, 5.41) is 0. The summed E-state index contributed by atoms with van der Waals surface area (Å²) in [4.78, 5) is 17.3. The third-order valence-corrected chi connectivity index (χ3v) is 3.74. The van der Waals surface area contributed by atoms with Crippen LogP contribution in [0.25, 0.3) is 0 Å². The van der Waals surface area contributed by atoms with Gasteiger partial charge in [-0.05, 0) is 12.3 Å². The van der Waals surface area contributed by atoms with Crippen molar-refractivity contribution in [3.05, 3.63) is 0 Å². The minimum absolute atomic E-state index is 0.174. The largest absolute Gasteiger partial charge is 0.469 e. The van der Waals surface area contributed by atoms with Gasteiger partial charge >= 0.3 is 7.82 Å². The Morgan fingerprint density at radius 1 is 0.944 bits per heavy atom. The molecule has 0 aliphatic heterocycles. The van der Waals surface area contributed by atoms with Crippen molar-refractivity contribution in [1.82, 2.24) is 0 Å². The quantitative estimate of drug-likeness (QED) is 0.414. The molecule has 0 fully saturated rings. The second kappa shape index (κ2) is 11.0. The van der Waals surface area contributed by atoms with Gasteiger partial charge in [0.2, 0.25) is 0 Å². The molecule has 0 atom stereocenters. The lowest BCUT2D eigenvalue weighted by Gasteiger charge is -2.16. The Morgan fingerprint density at radius 3 is 1.83 bits per heavy atom. The van der Waals surface area contributed by atoms with Crippen molar-refractivity contribution in [1.29, 1.82) is 0 Å². The smallest absolute Gasteiger partial charge is 0.303 e. The molecule has 0 heterocycles. The lowest BCUT2D eigenvalue weighted by Crippen LogP contribution is -2.05. The molecule has 0 amide bonds. The molecule has 0 aliphatic carbocycles. The van der Waals surface area contributed by atoms with Crippen molar-refractivity contribution in [3.8, 4) is 0 Å². The van der Waals surface area contributed by atoms with Crippen LogP contribution in [0.2, 0.25) is 0 Å². The first-order chi connectivity index (χ1) is 8.49. The van der Waals surface area contributed by atoms with E-state index in [0.29, 0.717) is 5.92 Å². The molecule has 4 nitrogen and oxygen atoms in total. The second-order valence-corrected chi connectivity index (χ2v) is 6.21. The first-order valence-corrected chi connectivity index (χ1v) is 8.72. The van der Waals surface area contributed by atoms with Gasteiger partial charge in [-0.15, -0.1) is 0 Å². The fourth-order valence-corrected chi connectivity index (χ4v) is 2.48. The summed E-state index contributed by atoms with van der Waals surface area (Å²) < 4.78 is 15.1. The topological polar surface area (TPSA) is 66.8 Å². The molecule has 0 saturated carbocycles. The predicted octanol–water partition coefficient (Wildman–Crippen LogP) is 4.26. The number of phosphoric acid groups is 1. The summed E-state index contributed by atoms with van der Waals surface area (Å²) in [5.41, 5.74) is 0. The molecule has 110 valence electrons. The summed E-state index contributed by atoms with van der Waals surface area (Å²) in [7, 11) is -4.29. The third-order valence-electron chi connectivity index (χ3n) is 3.22. The normalized spacial score (nSPS) is 12.3. The van der Waals surface area contributed by atoms with Gasteiger partial charge in [-0.3, -0.25) is 4.52 Å². The highest BCUT2D eigenvalue weighted by Crippen LogP contribution is 2.36. The van der Waals surface area contributed by atoms with Crippen LogP contribution in [0.1, 0.15) is 71.6 Å². The van der Waals surface area contributed by atoms with Gasteiger partial charge in [-0.2, -0.15) is 0 Å². The van der Waals surface area contributed by atoms with Crippen molar-refractivity contribution in [2.45, 2.75) is 71.6 Å². The summed E-state index contributed by atoms with van der Waals surface area (Å²) in [6.07, 6.45) is 10.4. The van der Waals surface area contributed by atoms with Gasteiger partial charge in [0.05, 0.1) is 6.61 Å². The zero-order chi connectivity index (χ0) is 13.9. The molecule has 0 unspecified atom stereocenters. The molecule has 0 radical (unpaired) electrons. The zero-order valence-corrected chi connectivity index (χ0v) is 12.7. The number of unbranched alkanes of at least 4 members (excludes halogenated alkanes) is 4. The van der Waals surface area contributed by atoms with E-state index in [-0.39, 0.29) is 6.61 Å². The van der Waals surface area contributed by atoms with Gasteiger partial charge in [0, 0.05) is 0 Å². The molecule has 0 aliphatic rings. The van der Waals surface area contributed by atoms with Gasteiger partial charge in [0.25, 0.3) is 0 Å². The average Bonchev–Trinajstić information content (AvgIpc) is 2.27. The van der Waals surface area contributed by atoms with Gasteiger partial charge in [-0.1, -0.05) is 65.2 Å². The molecule has 0 rings (SSSR count). The van der Waals surface area contributed by atoms with Crippen LogP contribution in [0.5, 0.6) is 0 Å². The highest BCUT2D eigenvalue weighted by molar-refractivity contribution is 7.46. The van der Waals surface area contributed by atoms with Crippen LogP contribution in [0, 0.1) is 5.92 Å². The molecule has 5 heteroatoms. The second-order valence-electron chi connectivity index (χ2n) is 4.97. The van der Waals surface area contributed by atoms with Crippen LogP contribution in [-0.4, -0.2) is 16.4 Å². The number of hydrogen-bond donors (Lipinski definition) is 2. The van der Waals surface area contributed by atoms with Crippen LogP contribution in [0.15, 0.2) is 0 Å². The van der Waals surface area contributed by atoms with Crippen LogP contribution in [-0.2, 0) is 9.09 Å². The lowest BCUT2D eigenvalue weighted by molar-refractivity contribution is 0.179. The molecule has 18 heavy (non-hydrogen) atoms. The maximum Gasteiger partial charge on any atom is 0.469 e. The van der Waals surface area contributed by atoms with E-state index in [1.807, 2.05) is 0 Å². The SMILES string of the molecule is CCCCCC(CCCCC)CCOP(=O)(O)O. The highest BCUT2D eigenvalue weighted by atomic mass is 31.2. The standard InChI is InChI=1S/C13H29O4P/c1-3-5-7-9-13(10-8-6-4-2)11-12-17-18(14,15)16/h13H,3-12H2,1-2H3,(H2,14,15,16). The maximum atomic E-state index is 10.6. The lowest BCUT2D eigenvalue weighted by atomic mass is 9.92. The van der Waals surface area contributed by atoms with E-state index in [0.717, 1.165) is 19.3 Å². The first-order valence-electron chi connectivity index (χ1n) is 7.19. The van der Waals surface area contributed by atoms with Crippen LogP contribution in [0.4, 0.5) is 0 Å². The van der Waals surface area contributed by atoms with Gasteiger partial charge in [0.15, 0.2) is 0 Å². The van der Waals surface area contributed by atoms with E-state index >= 15 is 0 Å². The molecule has 0 saturated heterocycles. The summed E-state index contributed by atoms with van der Waals surface area (Å²) in [5.74, 6) is 0.551.